The molecule has 3 aromatic rings. The SMILES string of the molecule is CCn1cc(C(=O)N2CC=C3CCSC3=C2Cc2ccc(OCC(F)(F)F)c(OC)c2)c2ccccc21. The fourth-order valence-corrected chi connectivity index (χ4v) is 6.11. The topological polar surface area (TPSA) is 43.7 Å². The first-order chi connectivity index (χ1) is 17.8. The number of aromatic nitrogens is 1. The summed E-state index contributed by atoms with van der Waals surface area (Å²) in [6.07, 6.45) is 1.00. The molecule has 5 rings (SSSR count). The van der Waals surface area contributed by atoms with E-state index < -0.39 is 12.8 Å². The van der Waals surface area contributed by atoms with Crippen molar-refractivity contribution in [2.45, 2.75) is 32.5 Å². The average Bonchev–Trinajstić information content (AvgIpc) is 3.52. The summed E-state index contributed by atoms with van der Waals surface area (Å²) < 4.78 is 50.3. The molecule has 1 aromatic heterocycles. The van der Waals surface area contributed by atoms with Gasteiger partial charge in [0, 0.05) is 53.0 Å². The van der Waals surface area contributed by atoms with E-state index in [1.165, 1.54) is 18.7 Å². The largest absolute Gasteiger partial charge is 0.493 e. The van der Waals surface area contributed by atoms with Gasteiger partial charge in [-0.1, -0.05) is 30.3 Å². The van der Waals surface area contributed by atoms with Crippen LogP contribution in [-0.2, 0) is 13.0 Å². The van der Waals surface area contributed by atoms with Crippen molar-refractivity contribution in [3.63, 3.8) is 0 Å². The maximum absolute atomic E-state index is 14.0. The molecule has 0 radical (unpaired) electrons. The van der Waals surface area contributed by atoms with Gasteiger partial charge in [0.05, 0.1) is 12.7 Å². The number of alkyl halides is 3. The van der Waals surface area contributed by atoms with Gasteiger partial charge in [-0.25, -0.2) is 0 Å². The summed E-state index contributed by atoms with van der Waals surface area (Å²) in [7, 11) is 1.40. The first kappa shape index (κ1) is 25.3. The lowest BCUT2D eigenvalue weighted by molar-refractivity contribution is -0.153. The maximum atomic E-state index is 14.0. The predicted molar refractivity (Wildman–Crippen MR) is 139 cm³/mol. The third-order valence-electron chi connectivity index (χ3n) is 6.61. The molecule has 3 heterocycles. The van der Waals surface area contributed by atoms with E-state index in [4.69, 9.17) is 9.47 Å². The summed E-state index contributed by atoms with van der Waals surface area (Å²) in [5.41, 5.74) is 4.65. The molecule has 0 atom stereocenters. The number of halogens is 3. The summed E-state index contributed by atoms with van der Waals surface area (Å²) in [6.45, 7) is 1.89. The Balaban J connectivity index is 1.48. The molecule has 1 fully saturated rings. The quantitative estimate of drug-likeness (QED) is 0.347. The van der Waals surface area contributed by atoms with E-state index >= 15 is 0 Å². The number of hydrogen-bond donors (Lipinski definition) is 0. The summed E-state index contributed by atoms with van der Waals surface area (Å²) in [4.78, 5) is 16.9. The molecular weight excluding hydrogens is 501 g/mol. The zero-order valence-corrected chi connectivity index (χ0v) is 21.4. The molecule has 0 unspecified atom stereocenters. The Morgan fingerprint density at radius 3 is 2.70 bits per heavy atom. The van der Waals surface area contributed by atoms with E-state index in [0.717, 1.165) is 45.8 Å². The summed E-state index contributed by atoms with van der Waals surface area (Å²) in [6, 6.07) is 12.8. The zero-order valence-electron chi connectivity index (χ0n) is 20.6. The average molecular weight is 529 g/mol. The lowest BCUT2D eigenvalue weighted by Gasteiger charge is -2.30. The zero-order chi connectivity index (χ0) is 26.2. The van der Waals surface area contributed by atoms with Crippen LogP contribution in [0.3, 0.4) is 0 Å². The van der Waals surface area contributed by atoms with Crippen molar-refractivity contribution in [1.82, 2.24) is 9.47 Å². The number of amides is 1. The fourth-order valence-electron chi connectivity index (χ4n) is 4.87. The van der Waals surface area contributed by atoms with Gasteiger partial charge in [0.2, 0.25) is 0 Å². The first-order valence-corrected chi connectivity index (χ1v) is 13.1. The number of hydrogen-bond acceptors (Lipinski definition) is 4. The minimum Gasteiger partial charge on any atom is -0.493 e. The van der Waals surface area contributed by atoms with Crippen molar-refractivity contribution in [2.75, 3.05) is 26.0 Å². The second kappa shape index (κ2) is 10.2. The van der Waals surface area contributed by atoms with Crippen molar-refractivity contribution >= 4 is 28.6 Å². The minimum atomic E-state index is -4.44. The van der Waals surface area contributed by atoms with Gasteiger partial charge in [-0.05, 0) is 42.7 Å². The number of aryl methyl sites for hydroxylation is 1. The van der Waals surface area contributed by atoms with Gasteiger partial charge < -0.3 is 18.9 Å². The normalized spacial score (nSPS) is 15.7. The maximum Gasteiger partial charge on any atom is 0.422 e. The lowest BCUT2D eigenvalue weighted by atomic mass is 10.0. The first-order valence-electron chi connectivity index (χ1n) is 12.1. The molecule has 2 aromatic carbocycles. The number of thioether (sulfide) groups is 1. The molecule has 0 spiro atoms. The molecule has 0 bridgehead atoms. The highest BCUT2D eigenvalue weighted by molar-refractivity contribution is 8.03. The van der Waals surface area contributed by atoms with Gasteiger partial charge in [-0.2, -0.15) is 13.2 Å². The van der Waals surface area contributed by atoms with Crippen molar-refractivity contribution in [3.8, 4) is 11.5 Å². The molecule has 5 nitrogen and oxygen atoms in total. The van der Waals surface area contributed by atoms with Crippen LogP contribution in [-0.4, -0.2) is 47.6 Å². The molecule has 194 valence electrons. The van der Waals surface area contributed by atoms with Crippen LogP contribution in [0.1, 0.15) is 29.3 Å². The Bertz CT molecular complexity index is 1410. The molecule has 9 heteroatoms. The Hall–Kier alpha value is -3.33. The predicted octanol–water partition coefficient (Wildman–Crippen LogP) is 6.58. The highest BCUT2D eigenvalue weighted by atomic mass is 32.2. The minimum absolute atomic E-state index is 0.0287. The number of nitrogens with zero attached hydrogens (tertiary/aromatic N) is 2. The molecule has 37 heavy (non-hydrogen) atoms. The van der Waals surface area contributed by atoms with E-state index in [1.54, 1.807) is 23.9 Å². The molecule has 1 saturated heterocycles. The van der Waals surface area contributed by atoms with Gasteiger partial charge in [-0.15, -0.1) is 11.8 Å². The second-order valence-electron chi connectivity index (χ2n) is 8.93. The van der Waals surface area contributed by atoms with Gasteiger partial charge in [0.25, 0.3) is 5.91 Å². The van der Waals surface area contributed by atoms with Gasteiger partial charge >= 0.3 is 6.18 Å². The molecule has 2 aliphatic rings. The van der Waals surface area contributed by atoms with Crippen molar-refractivity contribution in [3.05, 3.63) is 82.0 Å². The van der Waals surface area contributed by atoms with Crippen molar-refractivity contribution in [2.24, 2.45) is 0 Å². The molecule has 1 amide bonds. The molecule has 0 saturated carbocycles. The monoisotopic (exact) mass is 528 g/mol. The highest BCUT2D eigenvalue weighted by Crippen LogP contribution is 2.43. The lowest BCUT2D eigenvalue weighted by Crippen LogP contribution is -2.34. The molecular formula is C28H27F3N2O3S. The van der Waals surface area contributed by atoms with Gasteiger partial charge in [0.15, 0.2) is 18.1 Å². The van der Waals surface area contributed by atoms with Crippen LogP contribution in [0.15, 0.2) is 70.9 Å². The van der Waals surface area contributed by atoms with Crippen LogP contribution in [0.5, 0.6) is 11.5 Å². The summed E-state index contributed by atoms with van der Waals surface area (Å²) in [5, 5.41) is 0.917. The third-order valence-corrected chi connectivity index (χ3v) is 7.81. The van der Waals surface area contributed by atoms with E-state index in [-0.39, 0.29) is 17.4 Å². The smallest absolute Gasteiger partial charge is 0.422 e. The standard InChI is InChI=1S/C28H27F3N2O3S/c1-3-32-16-21(20-6-4-5-7-22(20)32)27(34)33-12-10-19-11-13-37-26(19)23(33)14-18-8-9-24(25(15-18)35-2)36-17-28(29,30)31/h4-10,15-16H,3,11-14,17H2,1-2H3. The third kappa shape index (κ3) is 5.09. The number of carbonyl (C=O) groups excluding carboxylic acids is 1. The Morgan fingerprint density at radius 2 is 1.95 bits per heavy atom. The number of carbonyl (C=O) groups is 1. The fraction of sp³-hybridized carbons (Fsp3) is 0.321. The van der Waals surface area contributed by atoms with E-state index in [9.17, 15) is 18.0 Å². The number of fused-ring (bicyclic) bond motifs is 2. The van der Waals surface area contributed by atoms with E-state index in [0.29, 0.717) is 18.5 Å². The Morgan fingerprint density at radius 1 is 1.14 bits per heavy atom. The number of allylic oxidation sites excluding steroid dienone is 2. The van der Waals surface area contributed by atoms with E-state index in [1.807, 2.05) is 35.4 Å². The van der Waals surface area contributed by atoms with Crippen LogP contribution in [0.2, 0.25) is 0 Å². The highest BCUT2D eigenvalue weighted by Gasteiger charge is 2.32. The van der Waals surface area contributed by atoms with Crippen LogP contribution in [0.4, 0.5) is 13.2 Å². The van der Waals surface area contributed by atoms with Crippen LogP contribution in [0.25, 0.3) is 10.9 Å². The Kier molecular flexibility index (Phi) is 6.98. The number of ether oxygens (including phenoxy) is 2. The van der Waals surface area contributed by atoms with E-state index in [2.05, 4.69) is 17.6 Å². The van der Waals surface area contributed by atoms with Gasteiger partial charge in [0.1, 0.15) is 0 Å². The second-order valence-corrected chi connectivity index (χ2v) is 10.0. The number of para-hydroxylation sites is 1. The summed E-state index contributed by atoms with van der Waals surface area (Å²) >= 11 is 1.74. The number of benzene rings is 2. The van der Waals surface area contributed by atoms with Gasteiger partial charge in [-0.3, -0.25) is 4.79 Å². The number of methoxy groups -OCH3 is 1. The Labute approximate surface area is 217 Å². The van der Waals surface area contributed by atoms with Crippen molar-refractivity contribution in [1.29, 1.82) is 0 Å². The molecule has 2 aliphatic heterocycles. The molecule has 0 N–H and O–H groups in total. The van der Waals surface area contributed by atoms with Crippen LogP contribution < -0.4 is 9.47 Å². The van der Waals surface area contributed by atoms with Crippen LogP contribution >= 0.6 is 11.8 Å². The number of rotatable bonds is 7. The van der Waals surface area contributed by atoms with Crippen LogP contribution in [0, 0.1) is 0 Å². The summed E-state index contributed by atoms with van der Waals surface area (Å²) in [5.74, 6) is 1.14. The van der Waals surface area contributed by atoms with Crippen molar-refractivity contribution < 1.29 is 27.4 Å². The molecule has 0 aliphatic carbocycles.